The molecule has 2 N–H and O–H groups in total. The molecule has 4 rings (SSSR count). The van der Waals surface area contributed by atoms with Gasteiger partial charge in [0.2, 0.25) is 5.91 Å². The van der Waals surface area contributed by atoms with E-state index in [2.05, 4.69) is 10.3 Å². The zero-order chi connectivity index (χ0) is 30.2. The lowest BCUT2D eigenvalue weighted by Crippen LogP contribution is -2.52. The fraction of sp³-hybridized carbons (Fsp3) is 0.440. The molecule has 1 aliphatic carbocycles. The van der Waals surface area contributed by atoms with Gasteiger partial charge in [-0.3, -0.25) is 24.4 Å². The molecule has 2 aliphatic rings. The third-order valence-corrected chi connectivity index (χ3v) is 8.77. The van der Waals surface area contributed by atoms with Crippen LogP contribution in [0.1, 0.15) is 50.1 Å². The second-order valence-corrected chi connectivity index (χ2v) is 13.3. The Bertz CT molecular complexity index is 1350. The van der Waals surface area contributed by atoms with Crippen LogP contribution in [0.15, 0.2) is 41.6 Å². The standard InChI is InChI=1S/C25H26Cl2F5N5O3S/c26-19-10-18(41(28,29,30,31)32)11-20(27)23(19)37(25(40)21-9-17(38)13-36(21)14-33)22(15-5-4-8-34-12-15)24(39)35-16-6-2-1-3-7-16/h4-5,8,10-12,16-17,21-22,38H,1-3,6-7,9,13H2,(H,35,39). The summed E-state index contributed by atoms with van der Waals surface area (Å²) >= 11 is 12.3. The number of nitriles is 1. The van der Waals surface area contributed by atoms with Crippen molar-refractivity contribution in [1.82, 2.24) is 15.2 Å². The number of aromatic nitrogens is 1. The summed E-state index contributed by atoms with van der Waals surface area (Å²) in [6.07, 6.45) is 7.01. The molecule has 2 aromatic rings. The molecule has 0 radical (unpaired) electrons. The molecule has 1 aromatic carbocycles. The predicted octanol–water partition coefficient (Wildman–Crippen LogP) is 6.49. The maximum absolute atomic E-state index is 14.1. The van der Waals surface area contributed by atoms with Gasteiger partial charge in [0, 0.05) is 30.4 Å². The van der Waals surface area contributed by atoms with E-state index in [1.165, 1.54) is 24.5 Å². The molecule has 224 valence electrons. The average Bonchev–Trinajstić information content (AvgIpc) is 3.27. The summed E-state index contributed by atoms with van der Waals surface area (Å²) in [5.74, 6) is -1.76. The quantitative estimate of drug-likeness (QED) is 0.264. The fourth-order valence-electron chi connectivity index (χ4n) is 5.16. The Balaban J connectivity index is 1.91. The van der Waals surface area contributed by atoms with Gasteiger partial charge in [0.15, 0.2) is 6.19 Å². The van der Waals surface area contributed by atoms with E-state index in [0.29, 0.717) is 17.7 Å². The summed E-state index contributed by atoms with van der Waals surface area (Å²) in [5, 5.41) is 20.7. The van der Waals surface area contributed by atoms with Gasteiger partial charge in [-0.05, 0) is 31.0 Å². The molecule has 1 saturated carbocycles. The van der Waals surface area contributed by atoms with Gasteiger partial charge < -0.3 is 10.4 Å². The van der Waals surface area contributed by atoms with E-state index in [0.717, 1.165) is 24.2 Å². The lowest BCUT2D eigenvalue weighted by atomic mass is 9.94. The number of carbonyl (C=O) groups excluding carboxylic acids is 2. The molecule has 0 spiro atoms. The summed E-state index contributed by atoms with van der Waals surface area (Å²) < 4.78 is 68.3. The summed E-state index contributed by atoms with van der Waals surface area (Å²) in [7, 11) is -10.2. The van der Waals surface area contributed by atoms with Crippen molar-refractivity contribution in [1.29, 1.82) is 5.26 Å². The SMILES string of the molecule is N#CN1CC(O)CC1C(=O)N(c1c(Cl)cc(S(F)(F)(F)(F)F)cc1Cl)C(C(=O)NC1CCCCC1)c1cccnc1. The number of aliphatic hydroxyl groups is 1. The van der Waals surface area contributed by atoms with Crippen LogP contribution in [0.2, 0.25) is 10.0 Å². The normalized spacial score (nSPS) is 22.3. The van der Waals surface area contributed by atoms with Crippen molar-refractivity contribution >= 4 is 50.9 Å². The second kappa shape index (κ2) is 10.8. The Hall–Kier alpha value is -2.86. The molecule has 2 amide bonds. The van der Waals surface area contributed by atoms with Gasteiger partial charge in [0.25, 0.3) is 5.91 Å². The minimum atomic E-state index is -10.2. The largest absolute Gasteiger partial charge is 0.391 e. The Labute approximate surface area is 242 Å². The molecule has 1 aromatic heterocycles. The highest BCUT2D eigenvalue weighted by Gasteiger charge is 2.66. The number of hydrogen-bond acceptors (Lipinski definition) is 6. The van der Waals surface area contributed by atoms with Gasteiger partial charge in [-0.15, -0.1) is 0 Å². The molecule has 3 unspecified atom stereocenters. The van der Waals surface area contributed by atoms with Gasteiger partial charge in [-0.2, -0.15) is 5.26 Å². The Kier molecular flexibility index (Phi) is 8.16. The van der Waals surface area contributed by atoms with E-state index < -0.39 is 60.9 Å². The number of pyridine rings is 1. The molecule has 1 aliphatic heterocycles. The third-order valence-electron chi connectivity index (χ3n) is 7.06. The second-order valence-electron chi connectivity index (χ2n) is 10.1. The summed E-state index contributed by atoms with van der Waals surface area (Å²) in [5.41, 5.74) is -0.531. The van der Waals surface area contributed by atoms with Crippen LogP contribution in [0.3, 0.4) is 0 Å². The third kappa shape index (κ3) is 6.97. The number of anilines is 1. The van der Waals surface area contributed by atoms with E-state index in [4.69, 9.17) is 23.2 Å². The number of aliphatic hydroxyl groups excluding tert-OH is 1. The number of nitrogens with zero attached hydrogens (tertiary/aromatic N) is 4. The number of amides is 2. The first kappa shape index (κ1) is 31.1. The number of halogens is 7. The van der Waals surface area contributed by atoms with E-state index >= 15 is 0 Å². The fourth-order valence-corrected chi connectivity index (χ4v) is 6.64. The molecular weight excluding hydrogens is 616 g/mol. The minimum Gasteiger partial charge on any atom is -0.391 e. The van der Waals surface area contributed by atoms with Gasteiger partial charge >= 0.3 is 10.2 Å². The van der Waals surface area contributed by atoms with Crippen LogP contribution < -0.4 is 10.2 Å². The smallest absolute Gasteiger partial charge is 0.310 e. The number of carbonyl (C=O) groups is 2. The van der Waals surface area contributed by atoms with Gasteiger partial charge in [0.05, 0.1) is 28.4 Å². The topological polar surface area (TPSA) is 110 Å². The zero-order valence-corrected chi connectivity index (χ0v) is 23.7. The van der Waals surface area contributed by atoms with Crippen molar-refractivity contribution < 1.29 is 34.1 Å². The number of β-amino-alcohol motifs (C(OH)–C–C–N with tert-alkyl or cyclic N) is 1. The van der Waals surface area contributed by atoms with E-state index in [1.54, 1.807) is 6.19 Å². The lowest BCUT2D eigenvalue weighted by Gasteiger charge is -2.41. The van der Waals surface area contributed by atoms with Gasteiger partial charge in [0.1, 0.15) is 17.0 Å². The van der Waals surface area contributed by atoms with E-state index in [1.807, 2.05) is 0 Å². The number of benzene rings is 1. The van der Waals surface area contributed by atoms with Crippen LogP contribution in [-0.4, -0.2) is 51.5 Å². The molecule has 1 saturated heterocycles. The molecule has 3 atom stereocenters. The molecule has 41 heavy (non-hydrogen) atoms. The van der Waals surface area contributed by atoms with Crippen LogP contribution in [0.25, 0.3) is 0 Å². The minimum absolute atomic E-state index is 0.0461. The first-order valence-electron chi connectivity index (χ1n) is 12.6. The highest BCUT2D eigenvalue weighted by Crippen LogP contribution is 3.02. The molecule has 8 nitrogen and oxygen atoms in total. The number of likely N-dealkylation sites (tertiary alicyclic amines) is 1. The van der Waals surface area contributed by atoms with Crippen LogP contribution in [0, 0.1) is 11.5 Å². The zero-order valence-electron chi connectivity index (χ0n) is 21.3. The molecular formula is C25H26Cl2F5N5O3S. The van der Waals surface area contributed by atoms with Gasteiger partial charge in [-0.1, -0.05) is 68.0 Å². The number of rotatable bonds is 7. The van der Waals surface area contributed by atoms with Crippen molar-refractivity contribution in [3.63, 3.8) is 0 Å². The molecule has 2 fully saturated rings. The maximum atomic E-state index is 14.1. The Morgan fingerprint density at radius 1 is 1.15 bits per heavy atom. The Morgan fingerprint density at radius 2 is 1.78 bits per heavy atom. The Morgan fingerprint density at radius 3 is 2.32 bits per heavy atom. The van der Waals surface area contributed by atoms with Crippen LogP contribution in [0.4, 0.5) is 25.1 Å². The number of nitrogens with one attached hydrogen (secondary N) is 1. The highest BCUT2D eigenvalue weighted by atomic mass is 35.5. The summed E-state index contributed by atoms with van der Waals surface area (Å²) in [6.45, 7) is -0.225. The predicted molar refractivity (Wildman–Crippen MR) is 144 cm³/mol. The van der Waals surface area contributed by atoms with Gasteiger partial charge in [-0.25, -0.2) is 0 Å². The van der Waals surface area contributed by atoms with E-state index in [-0.39, 0.29) is 36.7 Å². The van der Waals surface area contributed by atoms with Crippen LogP contribution in [0.5, 0.6) is 0 Å². The summed E-state index contributed by atoms with van der Waals surface area (Å²) in [6, 6.07) is -0.450. The van der Waals surface area contributed by atoms with E-state index in [9.17, 15) is 39.4 Å². The monoisotopic (exact) mass is 641 g/mol. The average molecular weight is 642 g/mol. The molecule has 0 bridgehead atoms. The number of hydrogen-bond donors (Lipinski definition) is 2. The molecule has 2 heterocycles. The van der Waals surface area contributed by atoms with Crippen LogP contribution in [-0.2, 0) is 9.59 Å². The van der Waals surface area contributed by atoms with Crippen molar-refractivity contribution in [2.75, 3.05) is 11.4 Å². The van der Waals surface area contributed by atoms with Crippen molar-refractivity contribution in [3.8, 4) is 6.19 Å². The first-order chi connectivity index (χ1) is 19.0. The molecule has 16 heteroatoms. The first-order valence-corrected chi connectivity index (χ1v) is 15.3. The maximum Gasteiger partial charge on any atom is 0.310 e. The van der Waals surface area contributed by atoms with Crippen molar-refractivity contribution in [2.24, 2.45) is 0 Å². The lowest BCUT2D eigenvalue weighted by molar-refractivity contribution is -0.128. The van der Waals surface area contributed by atoms with Crippen LogP contribution >= 0.6 is 33.4 Å². The van der Waals surface area contributed by atoms with Crippen molar-refractivity contribution in [3.05, 3.63) is 52.3 Å². The highest BCUT2D eigenvalue weighted by molar-refractivity contribution is 8.45. The summed E-state index contributed by atoms with van der Waals surface area (Å²) in [4.78, 5) is 31.3. The van der Waals surface area contributed by atoms with Crippen molar-refractivity contribution in [2.45, 2.75) is 67.6 Å².